The van der Waals surface area contributed by atoms with Crippen molar-refractivity contribution in [3.63, 3.8) is 0 Å². The topological polar surface area (TPSA) is 87.9 Å². The Labute approximate surface area is 135 Å². The molecule has 23 heavy (non-hydrogen) atoms. The third kappa shape index (κ3) is 4.17. The largest absolute Gasteiger partial charge is 0.377 e. The molecule has 1 aliphatic heterocycles. The van der Waals surface area contributed by atoms with Gasteiger partial charge in [0.2, 0.25) is 0 Å². The molecule has 1 amide bonds. The van der Waals surface area contributed by atoms with Gasteiger partial charge in [-0.15, -0.1) is 0 Å². The minimum atomic E-state index is -0.439. The molecule has 0 spiro atoms. The van der Waals surface area contributed by atoms with E-state index in [1.165, 1.54) is 32.4 Å². The van der Waals surface area contributed by atoms with E-state index in [2.05, 4.69) is 17.3 Å². The van der Waals surface area contributed by atoms with Gasteiger partial charge in [-0.1, -0.05) is 0 Å². The number of benzene rings is 1. The lowest BCUT2D eigenvalue weighted by atomic mass is 10.0. The number of nitrogens with one attached hydrogen (secondary N) is 1. The van der Waals surface area contributed by atoms with Crippen LogP contribution in [0.3, 0.4) is 0 Å². The van der Waals surface area contributed by atoms with Gasteiger partial charge >= 0.3 is 0 Å². The molecule has 0 bridgehead atoms. The second-order valence-electron chi connectivity index (χ2n) is 5.70. The first-order valence-electron chi connectivity index (χ1n) is 7.48. The molecule has 0 aliphatic carbocycles. The summed E-state index contributed by atoms with van der Waals surface area (Å²) in [6, 6.07) is 4.48. The van der Waals surface area contributed by atoms with Gasteiger partial charge in [0, 0.05) is 24.7 Å². The van der Waals surface area contributed by atoms with Gasteiger partial charge < -0.3 is 10.2 Å². The number of nitrogens with zero attached hydrogens (tertiary/aromatic N) is 3. The van der Waals surface area contributed by atoms with Crippen molar-refractivity contribution in [2.45, 2.75) is 18.9 Å². The maximum absolute atomic E-state index is 12.1. The number of hydroxylamine groups is 2. The summed E-state index contributed by atoms with van der Waals surface area (Å²) in [5.74, 6) is -0.353. The summed E-state index contributed by atoms with van der Waals surface area (Å²) in [7, 11) is 4.94. The molecule has 8 nitrogen and oxygen atoms in total. The van der Waals surface area contributed by atoms with E-state index in [-0.39, 0.29) is 17.6 Å². The van der Waals surface area contributed by atoms with Gasteiger partial charge in [-0.2, -0.15) is 0 Å². The molecule has 0 aromatic heterocycles. The van der Waals surface area contributed by atoms with Gasteiger partial charge in [0.25, 0.3) is 11.6 Å². The van der Waals surface area contributed by atoms with Crippen LogP contribution in [0, 0.1) is 10.1 Å². The highest BCUT2D eigenvalue weighted by atomic mass is 16.7. The Morgan fingerprint density at radius 1 is 1.43 bits per heavy atom. The van der Waals surface area contributed by atoms with Gasteiger partial charge in [0.1, 0.15) is 5.69 Å². The van der Waals surface area contributed by atoms with E-state index < -0.39 is 4.92 Å². The summed E-state index contributed by atoms with van der Waals surface area (Å²) in [6.07, 6.45) is 1.81. The fourth-order valence-corrected chi connectivity index (χ4v) is 2.58. The summed E-state index contributed by atoms with van der Waals surface area (Å²) < 4.78 is 0. The molecule has 1 aromatic rings. The Hall–Kier alpha value is -2.19. The van der Waals surface area contributed by atoms with Crippen molar-refractivity contribution in [2.75, 3.05) is 39.6 Å². The molecule has 1 saturated heterocycles. The molecule has 0 unspecified atom stereocenters. The summed E-state index contributed by atoms with van der Waals surface area (Å²) in [5, 5.41) is 15.5. The Morgan fingerprint density at radius 3 is 2.65 bits per heavy atom. The number of nitro benzene ring substituents is 1. The highest BCUT2D eigenvalue weighted by Gasteiger charge is 2.23. The number of carbonyl (C=O) groups excluding carboxylic acids is 1. The normalized spacial score (nSPS) is 16.1. The van der Waals surface area contributed by atoms with Crippen molar-refractivity contribution in [1.82, 2.24) is 9.96 Å². The van der Waals surface area contributed by atoms with Crippen LogP contribution in [0.4, 0.5) is 11.4 Å². The Morgan fingerprint density at radius 2 is 2.09 bits per heavy atom. The molecular formula is C15H22N4O4. The third-order valence-electron chi connectivity index (χ3n) is 4.08. The number of amides is 1. The average Bonchev–Trinajstić information content (AvgIpc) is 2.55. The van der Waals surface area contributed by atoms with E-state index in [1.54, 1.807) is 0 Å². The fraction of sp³-hybridized carbons (Fsp3) is 0.533. The molecule has 1 heterocycles. The molecule has 126 valence electrons. The molecule has 2 rings (SSSR count). The Kier molecular flexibility index (Phi) is 5.51. The summed E-state index contributed by atoms with van der Waals surface area (Å²) in [4.78, 5) is 30.0. The number of hydrogen-bond acceptors (Lipinski definition) is 6. The van der Waals surface area contributed by atoms with E-state index in [0.29, 0.717) is 11.3 Å². The van der Waals surface area contributed by atoms with Crippen LogP contribution in [0.5, 0.6) is 0 Å². The quantitative estimate of drug-likeness (QED) is 0.656. The standard InChI is InChI=1S/C15H22N4O4/c1-17-8-6-12(7-9-17)16-13-10-11(15(20)18(2)23-3)4-5-14(13)19(21)22/h4-5,10,12,16H,6-9H2,1-3H3. The number of nitro groups is 1. The van der Waals surface area contributed by atoms with Crippen LogP contribution >= 0.6 is 0 Å². The van der Waals surface area contributed by atoms with Crippen molar-refractivity contribution in [2.24, 2.45) is 0 Å². The first-order valence-corrected chi connectivity index (χ1v) is 7.48. The van der Waals surface area contributed by atoms with Gasteiger partial charge in [0.15, 0.2) is 0 Å². The van der Waals surface area contributed by atoms with Gasteiger partial charge in [-0.05, 0) is 45.1 Å². The number of carbonyl (C=O) groups is 1. The molecule has 1 N–H and O–H groups in total. The van der Waals surface area contributed by atoms with Crippen molar-refractivity contribution in [3.8, 4) is 0 Å². The van der Waals surface area contributed by atoms with Crippen LogP contribution < -0.4 is 5.32 Å². The lowest BCUT2D eigenvalue weighted by molar-refractivity contribution is -0.384. The smallest absolute Gasteiger partial charge is 0.292 e. The molecule has 0 atom stereocenters. The van der Waals surface area contributed by atoms with Gasteiger partial charge in [-0.3, -0.25) is 19.7 Å². The van der Waals surface area contributed by atoms with Gasteiger partial charge in [-0.25, -0.2) is 5.06 Å². The summed E-state index contributed by atoms with van der Waals surface area (Å²) in [5.41, 5.74) is 0.691. The van der Waals surface area contributed by atoms with Crippen molar-refractivity contribution in [3.05, 3.63) is 33.9 Å². The molecule has 0 radical (unpaired) electrons. The van der Waals surface area contributed by atoms with Crippen LogP contribution in [0.1, 0.15) is 23.2 Å². The Balaban J connectivity index is 2.24. The molecule has 0 saturated carbocycles. The predicted molar refractivity (Wildman–Crippen MR) is 86.3 cm³/mol. The molecule has 1 aliphatic rings. The molecule has 8 heteroatoms. The van der Waals surface area contributed by atoms with Crippen LogP contribution in [-0.2, 0) is 4.84 Å². The van der Waals surface area contributed by atoms with Crippen LogP contribution in [0.15, 0.2) is 18.2 Å². The summed E-state index contributed by atoms with van der Waals surface area (Å²) >= 11 is 0. The lowest BCUT2D eigenvalue weighted by Gasteiger charge is -2.30. The third-order valence-corrected chi connectivity index (χ3v) is 4.08. The molecule has 1 aromatic carbocycles. The van der Waals surface area contributed by atoms with E-state index >= 15 is 0 Å². The van der Waals surface area contributed by atoms with E-state index in [4.69, 9.17) is 4.84 Å². The maximum Gasteiger partial charge on any atom is 0.292 e. The fourth-order valence-electron chi connectivity index (χ4n) is 2.58. The van der Waals surface area contributed by atoms with E-state index in [9.17, 15) is 14.9 Å². The van der Waals surface area contributed by atoms with E-state index in [1.807, 2.05) is 0 Å². The molecular weight excluding hydrogens is 300 g/mol. The average molecular weight is 322 g/mol. The summed E-state index contributed by atoms with van der Waals surface area (Å²) in [6.45, 7) is 1.88. The first-order chi connectivity index (χ1) is 10.9. The van der Waals surface area contributed by atoms with Crippen LogP contribution in [0.25, 0.3) is 0 Å². The second kappa shape index (κ2) is 7.38. The number of piperidine rings is 1. The zero-order valence-electron chi connectivity index (χ0n) is 13.6. The maximum atomic E-state index is 12.1. The number of hydrogen-bond donors (Lipinski definition) is 1. The lowest BCUT2D eigenvalue weighted by Crippen LogP contribution is -2.36. The second-order valence-corrected chi connectivity index (χ2v) is 5.70. The minimum Gasteiger partial charge on any atom is -0.377 e. The van der Waals surface area contributed by atoms with E-state index in [0.717, 1.165) is 31.0 Å². The van der Waals surface area contributed by atoms with Crippen LogP contribution in [0.2, 0.25) is 0 Å². The number of anilines is 1. The van der Waals surface area contributed by atoms with Crippen LogP contribution in [-0.4, -0.2) is 61.1 Å². The van der Waals surface area contributed by atoms with Crippen molar-refractivity contribution in [1.29, 1.82) is 0 Å². The predicted octanol–water partition coefficient (Wildman–Crippen LogP) is 1.73. The minimum absolute atomic E-state index is 0.0273. The SMILES string of the molecule is CON(C)C(=O)c1ccc([N+](=O)[O-])c(NC2CCN(C)CC2)c1. The van der Waals surface area contributed by atoms with Crippen molar-refractivity contribution >= 4 is 17.3 Å². The first kappa shape index (κ1) is 17.2. The van der Waals surface area contributed by atoms with Gasteiger partial charge in [0.05, 0.1) is 12.0 Å². The number of rotatable bonds is 5. The zero-order valence-corrected chi connectivity index (χ0v) is 13.6. The monoisotopic (exact) mass is 322 g/mol. The number of likely N-dealkylation sites (tertiary alicyclic amines) is 1. The van der Waals surface area contributed by atoms with Crippen molar-refractivity contribution < 1.29 is 14.6 Å². The Bertz CT molecular complexity index is 585. The highest BCUT2D eigenvalue weighted by molar-refractivity contribution is 5.95. The highest BCUT2D eigenvalue weighted by Crippen LogP contribution is 2.28. The zero-order chi connectivity index (χ0) is 17.0. The molecule has 1 fully saturated rings.